The van der Waals surface area contributed by atoms with Crippen LogP contribution in [0.15, 0.2) is 60.7 Å². The van der Waals surface area contributed by atoms with E-state index in [1.807, 2.05) is 81.4 Å². The number of piperidine rings is 1. The zero-order valence-electron chi connectivity index (χ0n) is 22.5. The molecule has 0 aromatic heterocycles. The lowest BCUT2D eigenvalue weighted by Crippen LogP contribution is -2.55. The van der Waals surface area contributed by atoms with Crippen molar-refractivity contribution in [3.05, 3.63) is 71.8 Å². The highest BCUT2D eigenvalue weighted by Crippen LogP contribution is 2.30. The number of hydrogen-bond donors (Lipinski definition) is 1. The van der Waals surface area contributed by atoms with Crippen LogP contribution in [0.1, 0.15) is 64.0 Å². The third-order valence-electron chi connectivity index (χ3n) is 6.59. The number of benzene rings is 2. The Bertz CT molecular complexity index is 966. The smallest absolute Gasteiger partial charge is 0.338 e. The average Bonchev–Trinajstić information content (AvgIpc) is 2.90. The first-order chi connectivity index (χ1) is 17.7. The lowest BCUT2D eigenvalue weighted by molar-refractivity contribution is -0.184. The van der Waals surface area contributed by atoms with E-state index in [-0.39, 0.29) is 24.1 Å². The van der Waals surface area contributed by atoms with E-state index in [4.69, 9.17) is 19.9 Å². The largest absolute Gasteiger partial charge is 0.459 e. The van der Waals surface area contributed by atoms with Crippen LogP contribution < -0.4 is 5.73 Å². The van der Waals surface area contributed by atoms with E-state index < -0.39 is 11.6 Å². The molecule has 7 nitrogen and oxygen atoms in total. The second kappa shape index (κ2) is 13.7. The van der Waals surface area contributed by atoms with Crippen molar-refractivity contribution >= 4 is 11.9 Å². The Labute approximate surface area is 221 Å². The molecule has 1 saturated heterocycles. The minimum absolute atomic E-state index is 0.0777. The molecule has 1 atom stereocenters. The molecule has 1 fully saturated rings. The van der Waals surface area contributed by atoms with Gasteiger partial charge in [0, 0.05) is 32.5 Å². The van der Waals surface area contributed by atoms with Crippen molar-refractivity contribution in [3.8, 4) is 0 Å². The molecule has 2 aromatic rings. The number of carbonyl (C=O) groups excluding carboxylic acids is 2. The molecule has 0 spiro atoms. The van der Waals surface area contributed by atoms with Crippen molar-refractivity contribution in [1.29, 1.82) is 0 Å². The second-order valence-electron chi connectivity index (χ2n) is 10.7. The van der Waals surface area contributed by atoms with Gasteiger partial charge in [0.1, 0.15) is 6.61 Å². The van der Waals surface area contributed by atoms with E-state index in [1.54, 1.807) is 4.90 Å². The Hall–Kier alpha value is -2.74. The molecule has 1 heterocycles. The number of likely N-dealkylation sites (tertiary alicyclic amines) is 1. The molecule has 1 aliphatic rings. The van der Waals surface area contributed by atoms with Crippen LogP contribution >= 0.6 is 0 Å². The monoisotopic (exact) mass is 510 g/mol. The van der Waals surface area contributed by atoms with Crippen molar-refractivity contribution in [2.24, 2.45) is 5.73 Å². The van der Waals surface area contributed by atoms with Gasteiger partial charge in [-0.3, -0.25) is 4.79 Å². The van der Waals surface area contributed by atoms with Crippen LogP contribution in [0.5, 0.6) is 0 Å². The van der Waals surface area contributed by atoms with Gasteiger partial charge in [-0.15, -0.1) is 0 Å². The standard InChI is InChI=1S/C30H42N2O5/c1-29(2,3)36-21-11-10-16-26(31)27(33)32-19-17-30(18-20-32,37-23-25-14-8-5-9-15-25)28(34)35-22-24-12-6-4-7-13-24/h4-9,12-15,26H,10-11,16-23,31H2,1-3H3. The van der Waals surface area contributed by atoms with Crippen LogP contribution in [0.4, 0.5) is 0 Å². The van der Waals surface area contributed by atoms with Gasteiger partial charge in [0.05, 0.1) is 18.2 Å². The van der Waals surface area contributed by atoms with Crippen molar-refractivity contribution < 1.29 is 23.8 Å². The number of nitrogens with two attached hydrogens (primary N) is 1. The fourth-order valence-corrected chi connectivity index (χ4v) is 4.35. The molecule has 37 heavy (non-hydrogen) atoms. The molecule has 1 amide bonds. The highest BCUT2D eigenvalue weighted by molar-refractivity contribution is 5.83. The molecular weight excluding hydrogens is 468 g/mol. The molecule has 0 aliphatic carbocycles. The number of nitrogens with zero attached hydrogens (tertiary/aromatic N) is 1. The third-order valence-corrected chi connectivity index (χ3v) is 6.59. The minimum Gasteiger partial charge on any atom is -0.459 e. The molecule has 0 saturated carbocycles. The van der Waals surface area contributed by atoms with Gasteiger partial charge >= 0.3 is 5.97 Å². The first-order valence-electron chi connectivity index (χ1n) is 13.3. The highest BCUT2D eigenvalue weighted by Gasteiger charge is 2.45. The molecule has 0 radical (unpaired) electrons. The van der Waals surface area contributed by atoms with E-state index in [1.165, 1.54) is 0 Å². The van der Waals surface area contributed by atoms with Crippen molar-refractivity contribution in [1.82, 2.24) is 4.90 Å². The molecule has 1 aliphatic heterocycles. The number of carbonyl (C=O) groups is 2. The second-order valence-corrected chi connectivity index (χ2v) is 10.7. The highest BCUT2D eigenvalue weighted by atomic mass is 16.6. The molecule has 7 heteroatoms. The summed E-state index contributed by atoms with van der Waals surface area (Å²) in [6.45, 7) is 8.01. The summed E-state index contributed by atoms with van der Waals surface area (Å²) in [4.78, 5) is 28.1. The quantitative estimate of drug-likeness (QED) is 0.331. The first-order valence-corrected chi connectivity index (χ1v) is 13.3. The van der Waals surface area contributed by atoms with Crippen molar-refractivity contribution in [2.75, 3.05) is 19.7 Å². The van der Waals surface area contributed by atoms with Crippen LogP contribution in [0.25, 0.3) is 0 Å². The number of esters is 1. The summed E-state index contributed by atoms with van der Waals surface area (Å²) in [6.07, 6.45) is 3.03. The Balaban J connectivity index is 1.55. The fraction of sp³-hybridized carbons (Fsp3) is 0.533. The molecule has 3 rings (SSSR count). The molecule has 0 bridgehead atoms. The van der Waals surface area contributed by atoms with E-state index in [9.17, 15) is 9.59 Å². The Morgan fingerprint density at radius 1 is 0.919 bits per heavy atom. The summed E-state index contributed by atoms with van der Waals surface area (Å²) in [5.41, 5.74) is 6.87. The van der Waals surface area contributed by atoms with Crippen LogP contribution in [-0.4, -0.2) is 53.7 Å². The van der Waals surface area contributed by atoms with E-state index >= 15 is 0 Å². The number of hydrogen-bond acceptors (Lipinski definition) is 6. The molecular formula is C30H42N2O5. The van der Waals surface area contributed by atoms with E-state index in [0.29, 0.717) is 45.6 Å². The van der Waals surface area contributed by atoms with E-state index in [0.717, 1.165) is 24.0 Å². The fourth-order valence-electron chi connectivity index (χ4n) is 4.35. The van der Waals surface area contributed by atoms with Gasteiger partial charge in [0.25, 0.3) is 0 Å². The zero-order valence-corrected chi connectivity index (χ0v) is 22.5. The topological polar surface area (TPSA) is 91.1 Å². The predicted molar refractivity (Wildman–Crippen MR) is 144 cm³/mol. The van der Waals surface area contributed by atoms with Crippen molar-refractivity contribution in [3.63, 3.8) is 0 Å². The normalized spacial score (nSPS) is 16.3. The summed E-state index contributed by atoms with van der Waals surface area (Å²) in [6, 6.07) is 18.8. The van der Waals surface area contributed by atoms with Crippen molar-refractivity contribution in [2.45, 2.75) is 83.3 Å². The van der Waals surface area contributed by atoms with Gasteiger partial charge < -0.3 is 24.8 Å². The van der Waals surface area contributed by atoms with Gasteiger partial charge in [-0.2, -0.15) is 0 Å². The number of unbranched alkanes of at least 4 members (excludes halogenated alkanes) is 1. The summed E-state index contributed by atoms with van der Waals surface area (Å²) in [5, 5.41) is 0. The predicted octanol–water partition coefficient (Wildman–Crippen LogP) is 4.62. The minimum atomic E-state index is -1.10. The maximum Gasteiger partial charge on any atom is 0.338 e. The Morgan fingerprint density at radius 2 is 1.49 bits per heavy atom. The Kier molecular flexibility index (Phi) is 10.7. The van der Waals surface area contributed by atoms with E-state index in [2.05, 4.69) is 0 Å². The maximum atomic E-state index is 13.3. The van der Waals surface area contributed by atoms with Crippen LogP contribution in [0, 0.1) is 0 Å². The van der Waals surface area contributed by atoms with Crippen LogP contribution in [-0.2, 0) is 37.0 Å². The number of rotatable bonds is 12. The summed E-state index contributed by atoms with van der Waals surface area (Å²) >= 11 is 0. The molecule has 2 N–H and O–H groups in total. The number of amides is 1. The number of ether oxygens (including phenoxy) is 3. The van der Waals surface area contributed by atoms with Gasteiger partial charge in [-0.1, -0.05) is 60.7 Å². The Morgan fingerprint density at radius 3 is 2.05 bits per heavy atom. The van der Waals surface area contributed by atoms with Gasteiger partial charge in [0.15, 0.2) is 5.60 Å². The summed E-state index contributed by atoms with van der Waals surface area (Å²) < 4.78 is 17.7. The summed E-state index contributed by atoms with van der Waals surface area (Å²) in [7, 11) is 0. The molecule has 202 valence electrons. The van der Waals surface area contributed by atoms with Gasteiger partial charge in [-0.05, 0) is 51.2 Å². The maximum absolute atomic E-state index is 13.3. The SMILES string of the molecule is CC(C)(C)OCCCCC(N)C(=O)N1CCC(OCc2ccccc2)(C(=O)OCc2ccccc2)CC1. The van der Waals surface area contributed by atoms with Gasteiger partial charge in [0.2, 0.25) is 5.91 Å². The third kappa shape index (κ3) is 9.26. The lowest BCUT2D eigenvalue weighted by Gasteiger charge is -2.40. The average molecular weight is 511 g/mol. The first kappa shape index (κ1) is 28.8. The molecule has 2 aromatic carbocycles. The van der Waals surface area contributed by atoms with Crippen LogP contribution in [0.2, 0.25) is 0 Å². The zero-order chi connectivity index (χ0) is 26.7. The van der Waals surface area contributed by atoms with Gasteiger partial charge in [-0.25, -0.2) is 4.79 Å². The summed E-state index contributed by atoms with van der Waals surface area (Å²) in [5.74, 6) is -0.464. The lowest BCUT2D eigenvalue weighted by atomic mass is 9.90. The van der Waals surface area contributed by atoms with Crippen LogP contribution in [0.3, 0.4) is 0 Å². The molecule has 1 unspecified atom stereocenters.